The number of nitrogens with zero attached hydrogens (tertiary/aromatic N) is 1. The molecule has 0 unspecified atom stereocenters. The van der Waals surface area contributed by atoms with Gasteiger partial charge in [0.15, 0.2) is 0 Å². The normalized spacial score (nSPS) is 8.08. The topological polar surface area (TPSA) is 42.2 Å². The zero-order valence-corrected chi connectivity index (χ0v) is 7.10. The van der Waals surface area contributed by atoms with Crippen molar-refractivity contribution in [2.75, 3.05) is 0 Å². The Kier molecular flexibility index (Phi) is 5.43. The molecule has 0 amide bonds. The van der Waals surface area contributed by atoms with Crippen molar-refractivity contribution in [3.8, 4) is 0 Å². The fourth-order valence-corrected chi connectivity index (χ4v) is 0.901. The fourth-order valence-electron chi connectivity index (χ4n) is 0.901. The van der Waals surface area contributed by atoms with E-state index in [2.05, 4.69) is 30.3 Å². The smallest absolute Gasteiger partial charge is 0.290 e. The first-order chi connectivity index (χ1) is 5.79. The molecule has 0 bridgehead atoms. The van der Waals surface area contributed by atoms with Crippen LogP contribution in [0, 0.1) is 0 Å². The van der Waals surface area contributed by atoms with E-state index in [1.165, 1.54) is 5.69 Å². The van der Waals surface area contributed by atoms with Crippen LogP contribution in [0.1, 0.15) is 12.6 Å². The summed E-state index contributed by atoms with van der Waals surface area (Å²) in [6.45, 7) is 6.58. The van der Waals surface area contributed by atoms with Crippen molar-refractivity contribution >= 4 is 12.5 Å². The van der Waals surface area contributed by atoms with Crippen molar-refractivity contribution in [2.24, 2.45) is 0 Å². The SMILES string of the molecule is C=Cc1cccn1CC.O=CO. The highest BCUT2D eigenvalue weighted by atomic mass is 16.3. The summed E-state index contributed by atoms with van der Waals surface area (Å²) in [5.41, 5.74) is 1.19. The summed E-state index contributed by atoms with van der Waals surface area (Å²) < 4.78 is 2.15. The predicted octanol–water partition coefficient (Wildman–Crippen LogP) is 1.85. The van der Waals surface area contributed by atoms with Crippen LogP contribution in [-0.4, -0.2) is 16.1 Å². The van der Waals surface area contributed by atoms with Crippen molar-refractivity contribution < 1.29 is 9.90 Å². The number of hydrogen-bond donors (Lipinski definition) is 1. The molecule has 0 aliphatic heterocycles. The molecule has 1 N–H and O–H groups in total. The third kappa shape index (κ3) is 3.05. The van der Waals surface area contributed by atoms with E-state index in [1.54, 1.807) is 0 Å². The largest absolute Gasteiger partial charge is 0.483 e. The van der Waals surface area contributed by atoms with Gasteiger partial charge in [0.2, 0.25) is 0 Å². The van der Waals surface area contributed by atoms with Crippen LogP contribution in [0.25, 0.3) is 6.08 Å². The minimum Gasteiger partial charge on any atom is -0.483 e. The summed E-state index contributed by atoms with van der Waals surface area (Å²) in [6.07, 6.45) is 3.92. The minimum absolute atomic E-state index is 0.250. The van der Waals surface area contributed by atoms with Crippen molar-refractivity contribution in [1.29, 1.82) is 0 Å². The predicted molar refractivity (Wildman–Crippen MR) is 48.9 cm³/mol. The van der Waals surface area contributed by atoms with E-state index in [1.807, 2.05) is 12.1 Å². The van der Waals surface area contributed by atoms with Gasteiger partial charge in [0.1, 0.15) is 0 Å². The van der Waals surface area contributed by atoms with Gasteiger partial charge in [0, 0.05) is 18.4 Å². The van der Waals surface area contributed by atoms with Crippen LogP contribution in [0.15, 0.2) is 24.9 Å². The van der Waals surface area contributed by atoms with Gasteiger partial charge >= 0.3 is 0 Å². The van der Waals surface area contributed by atoms with E-state index >= 15 is 0 Å². The van der Waals surface area contributed by atoms with Crippen LogP contribution in [0.5, 0.6) is 0 Å². The lowest BCUT2D eigenvalue weighted by molar-refractivity contribution is -0.122. The van der Waals surface area contributed by atoms with Crippen molar-refractivity contribution in [1.82, 2.24) is 4.57 Å². The molecular weight excluding hydrogens is 154 g/mol. The number of carboxylic acid groups (broad SMARTS) is 1. The Hall–Kier alpha value is -1.51. The average Bonchev–Trinajstić information content (AvgIpc) is 2.52. The van der Waals surface area contributed by atoms with Crippen LogP contribution >= 0.6 is 0 Å². The number of carbonyl (C=O) groups is 1. The Bertz CT molecular complexity index is 240. The second-order valence-corrected chi connectivity index (χ2v) is 2.03. The molecule has 66 valence electrons. The van der Waals surface area contributed by atoms with Gasteiger partial charge in [-0.15, -0.1) is 0 Å². The first-order valence-electron chi connectivity index (χ1n) is 3.65. The summed E-state index contributed by atoms with van der Waals surface area (Å²) in [5.74, 6) is 0. The van der Waals surface area contributed by atoms with E-state index in [4.69, 9.17) is 9.90 Å². The molecule has 12 heavy (non-hydrogen) atoms. The van der Waals surface area contributed by atoms with E-state index < -0.39 is 0 Å². The number of hydrogen-bond acceptors (Lipinski definition) is 1. The highest BCUT2D eigenvalue weighted by Gasteiger charge is 1.89. The van der Waals surface area contributed by atoms with Gasteiger partial charge in [0.05, 0.1) is 0 Å². The Labute approximate surface area is 71.9 Å². The summed E-state index contributed by atoms with van der Waals surface area (Å²) in [5, 5.41) is 6.89. The van der Waals surface area contributed by atoms with Crippen molar-refractivity contribution in [3.05, 3.63) is 30.6 Å². The van der Waals surface area contributed by atoms with Crippen molar-refractivity contribution in [3.63, 3.8) is 0 Å². The third-order valence-corrected chi connectivity index (χ3v) is 1.41. The monoisotopic (exact) mass is 167 g/mol. The lowest BCUT2D eigenvalue weighted by Crippen LogP contribution is -1.92. The second kappa shape index (κ2) is 6.22. The summed E-state index contributed by atoms with van der Waals surface area (Å²) in [4.78, 5) is 8.36. The van der Waals surface area contributed by atoms with E-state index in [0.717, 1.165) is 6.54 Å². The standard InChI is InChI=1S/C8H11N.CH2O2/c1-3-8-6-5-7-9(8)4-2;2-1-3/h3,5-7H,1,4H2,2H3;1H,(H,2,3). The third-order valence-electron chi connectivity index (χ3n) is 1.41. The summed E-state index contributed by atoms with van der Waals surface area (Å²) in [6, 6.07) is 4.08. The zero-order valence-electron chi connectivity index (χ0n) is 7.10. The minimum atomic E-state index is -0.250. The molecule has 0 aliphatic carbocycles. The Morgan fingerprint density at radius 2 is 2.33 bits per heavy atom. The highest BCUT2D eigenvalue weighted by Crippen LogP contribution is 2.01. The van der Waals surface area contributed by atoms with Crippen LogP contribution in [0.3, 0.4) is 0 Å². The Balaban J connectivity index is 0.000000354. The lowest BCUT2D eigenvalue weighted by atomic mass is 10.4. The van der Waals surface area contributed by atoms with E-state index in [0.29, 0.717) is 0 Å². The van der Waals surface area contributed by atoms with E-state index in [9.17, 15) is 0 Å². The van der Waals surface area contributed by atoms with Crippen LogP contribution in [0.2, 0.25) is 0 Å². The number of rotatable bonds is 2. The van der Waals surface area contributed by atoms with Crippen LogP contribution < -0.4 is 0 Å². The quantitative estimate of drug-likeness (QED) is 0.683. The van der Waals surface area contributed by atoms with Gasteiger partial charge in [-0.3, -0.25) is 4.79 Å². The molecule has 0 aromatic carbocycles. The maximum absolute atomic E-state index is 8.36. The zero-order chi connectivity index (χ0) is 9.40. The molecule has 0 atom stereocenters. The van der Waals surface area contributed by atoms with Gasteiger partial charge in [-0.2, -0.15) is 0 Å². The maximum atomic E-state index is 8.36. The summed E-state index contributed by atoms with van der Waals surface area (Å²) in [7, 11) is 0. The van der Waals surface area contributed by atoms with E-state index in [-0.39, 0.29) is 6.47 Å². The molecule has 3 heteroatoms. The molecule has 0 spiro atoms. The summed E-state index contributed by atoms with van der Waals surface area (Å²) >= 11 is 0. The second-order valence-electron chi connectivity index (χ2n) is 2.03. The van der Waals surface area contributed by atoms with Crippen molar-refractivity contribution in [2.45, 2.75) is 13.5 Å². The highest BCUT2D eigenvalue weighted by molar-refractivity contribution is 5.42. The molecule has 0 saturated carbocycles. The lowest BCUT2D eigenvalue weighted by Gasteiger charge is -1.98. The number of aromatic nitrogens is 1. The molecule has 3 nitrogen and oxygen atoms in total. The number of aryl methyl sites for hydroxylation is 1. The molecule has 1 aromatic rings. The molecular formula is C9H13NO2. The Morgan fingerprint density at radius 1 is 1.75 bits per heavy atom. The molecule has 0 fully saturated rings. The maximum Gasteiger partial charge on any atom is 0.290 e. The fraction of sp³-hybridized carbons (Fsp3) is 0.222. The van der Waals surface area contributed by atoms with Crippen LogP contribution in [0.4, 0.5) is 0 Å². The Morgan fingerprint density at radius 3 is 2.67 bits per heavy atom. The van der Waals surface area contributed by atoms with Gasteiger partial charge < -0.3 is 9.67 Å². The van der Waals surface area contributed by atoms with Crippen LogP contribution in [-0.2, 0) is 11.3 Å². The van der Waals surface area contributed by atoms with Gasteiger partial charge in [-0.05, 0) is 25.1 Å². The molecule has 1 aromatic heterocycles. The van der Waals surface area contributed by atoms with Gasteiger partial charge in [-0.25, -0.2) is 0 Å². The van der Waals surface area contributed by atoms with Gasteiger partial charge in [-0.1, -0.05) is 6.58 Å². The average molecular weight is 167 g/mol. The molecule has 0 radical (unpaired) electrons. The first kappa shape index (κ1) is 10.5. The first-order valence-corrected chi connectivity index (χ1v) is 3.65. The molecule has 0 aliphatic rings. The van der Waals surface area contributed by atoms with Gasteiger partial charge in [0.25, 0.3) is 6.47 Å². The molecule has 0 saturated heterocycles. The molecule has 1 heterocycles. The molecule has 1 rings (SSSR count).